The Labute approximate surface area is 91.2 Å². The van der Waals surface area contributed by atoms with Crippen molar-refractivity contribution < 1.29 is 14.6 Å². The van der Waals surface area contributed by atoms with Gasteiger partial charge in [-0.1, -0.05) is 6.92 Å². The van der Waals surface area contributed by atoms with Crippen LogP contribution >= 0.6 is 0 Å². The molecule has 0 aliphatic carbocycles. The summed E-state index contributed by atoms with van der Waals surface area (Å²) in [5.74, 6) is -0.740. The number of aliphatic carboxylic acids is 1. The second-order valence-corrected chi connectivity index (χ2v) is 4.19. The summed E-state index contributed by atoms with van der Waals surface area (Å²) < 4.78 is 5.59. The Morgan fingerprint density at radius 2 is 2.33 bits per heavy atom. The summed E-state index contributed by atoms with van der Waals surface area (Å²) in [5.41, 5.74) is 0. The minimum absolute atomic E-state index is 0.220. The van der Waals surface area contributed by atoms with E-state index in [4.69, 9.17) is 9.84 Å². The lowest BCUT2D eigenvalue weighted by Crippen LogP contribution is -2.43. The molecule has 4 heteroatoms. The highest BCUT2D eigenvalue weighted by Crippen LogP contribution is 2.15. The molecular formula is C11H21NO3. The Hall–Kier alpha value is -0.610. The number of carboxylic acids is 1. The third kappa shape index (κ3) is 3.80. The highest BCUT2D eigenvalue weighted by atomic mass is 16.5. The monoisotopic (exact) mass is 215 g/mol. The molecule has 2 unspecified atom stereocenters. The van der Waals surface area contributed by atoms with Crippen LogP contribution in [-0.4, -0.2) is 48.3 Å². The van der Waals surface area contributed by atoms with Crippen LogP contribution in [0.4, 0.5) is 0 Å². The third-order valence-corrected chi connectivity index (χ3v) is 2.97. The molecule has 1 aliphatic heterocycles. The molecule has 1 saturated heterocycles. The molecule has 1 aliphatic rings. The summed E-state index contributed by atoms with van der Waals surface area (Å²) in [5, 5.41) is 8.99. The van der Waals surface area contributed by atoms with E-state index >= 15 is 0 Å². The molecule has 1 heterocycles. The molecule has 0 spiro atoms. The van der Waals surface area contributed by atoms with Gasteiger partial charge in [0.05, 0.1) is 6.10 Å². The number of carboxylic acid groups (broad SMARTS) is 1. The standard InChI is InChI=1S/C11H21NO3/c1-3-10(11(13)14)12(2)8-9-6-4-5-7-15-9/h9-10H,3-8H2,1-2H3,(H,13,14). The lowest BCUT2D eigenvalue weighted by molar-refractivity contribution is -0.143. The molecule has 2 atom stereocenters. The van der Waals surface area contributed by atoms with Gasteiger partial charge in [-0.25, -0.2) is 0 Å². The average molecular weight is 215 g/mol. The van der Waals surface area contributed by atoms with Gasteiger partial charge in [0.25, 0.3) is 0 Å². The Bertz CT molecular complexity index is 202. The maximum Gasteiger partial charge on any atom is 0.320 e. The van der Waals surface area contributed by atoms with Crippen molar-refractivity contribution in [2.45, 2.75) is 44.8 Å². The molecule has 0 saturated carbocycles. The van der Waals surface area contributed by atoms with E-state index in [1.807, 2.05) is 18.9 Å². The largest absolute Gasteiger partial charge is 0.480 e. The maximum absolute atomic E-state index is 10.9. The zero-order valence-corrected chi connectivity index (χ0v) is 9.61. The van der Waals surface area contributed by atoms with Gasteiger partial charge in [-0.3, -0.25) is 9.69 Å². The van der Waals surface area contributed by atoms with Gasteiger partial charge in [-0.05, 0) is 32.7 Å². The molecule has 0 bridgehead atoms. The van der Waals surface area contributed by atoms with Crippen LogP contribution in [0, 0.1) is 0 Å². The summed E-state index contributed by atoms with van der Waals surface area (Å²) in [4.78, 5) is 12.8. The minimum Gasteiger partial charge on any atom is -0.480 e. The van der Waals surface area contributed by atoms with E-state index in [2.05, 4.69) is 0 Å². The molecule has 0 aromatic carbocycles. The minimum atomic E-state index is -0.740. The molecule has 4 nitrogen and oxygen atoms in total. The van der Waals surface area contributed by atoms with Gasteiger partial charge >= 0.3 is 5.97 Å². The Kier molecular flexibility index (Phi) is 5.05. The van der Waals surface area contributed by atoms with E-state index in [1.165, 1.54) is 6.42 Å². The molecule has 0 aromatic heterocycles. The van der Waals surface area contributed by atoms with Crippen LogP contribution in [-0.2, 0) is 9.53 Å². The van der Waals surface area contributed by atoms with Gasteiger partial charge in [0.1, 0.15) is 6.04 Å². The number of nitrogens with zero attached hydrogens (tertiary/aromatic N) is 1. The molecule has 0 radical (unpaired) electrons. The molecule has 1 fully saturated rings. The van der Waals surface area contributed by atoms with Crippen molar-refractivity contribution in [3.05, 3.63) is 0 Å². The number of hydrogen-bond donors (Lipinski definition) is 1. The van der Waals surface area contributed by atoms with Gasteiger partial charge in [0.2, 0.25) is 0 Å². The van der Waals surface area contributed by atoms with Gasteiger partial charge in [0.15, 0.2) is 0 Å². The first kappa shape index (κ1) is 12.5. The molecule has 88 valence electrons. The molecule has 1 rings (SSSR count). The Morgan fingerprint density at radius 3 is 2.80 bits per heavy atom. The lowest BCUT2D eigenvalue weighted by atomic mass is 10.1. The first-order valence-corrected chi connectivity index (χ1v) is 5.69. The van der Waals surface area contributed by atoms with Gasteiger partial charge in [-0.15, -0.1) is 0 Å². The second kappa shape index (κ2) is 6.08. The molecule has 0 aromatic rings. The van der Waals surface area contributed by atoms with E-state index in [9.17, 15) is 4.79 Å². The van der Waals surface area contributed by atoms with E-state index in [0.717, 1.165) is 26.0 Å². The number of rotatable bonds is 5. The Balaban J connectivity index is 2.38. The summed E-state index contributed by atoms with van der Waals surface area (Å²) in [7, 11) is 1.86. The van der Waals surface area contributed by atoms with E-state index in [0.29, 0.717) is 6.42 Å². The quantitative estimate of drug-likeness (QED) is 0.752. The third-order valence-electron chi connectivity index (χ3n) is 2.97. The normalized spacial score (nSPS) is 24.1. The molecule has 1 N–H and O–H groups in total. The van der Waals surface area contributed by atoms with Gasteiger partial charge in [-0.2, -0.15) is 0 Å². The zero-order chi connectivity index (χ0) is 11.3. The summed E-state index contributed by atoms with van der Waals surface area (Å²) in [6.07, 6.45) is 4.25. The maximum atomic E-state index is 10.9. The van der Waals surface area contributed by atoms with Crippen molar-refractivity contribution >= 4 is 5.97 Å². The molecule has 0 amide bonds. The average Bonchev–Trinajstić information content (AvgIpc) is 2.19. The summed E-state index contributed by atoms with van der Waals surface area (Å²) >= 11 is 0. The predicted octanol–water partition coefficient (Wildman–Crippen LogP) is 1.35. The fraction of sp³-hybridized carbons (Fsp3) is 0.909. The highest BCUT2D eigenvalue weighted by molar-refractivity contribution is 5.73. The van der Waals surface area contributed by atoms with Crippen molar-refractivity contribution in [2.75, 3.05) is 20.2 Å². The van der Waals surface area contributed by atoms with Crippen LogP contribution in [0.2, 0.25) is 0 Å². The number of hydrogen-bond acceptors (Lipinski definition) is 3. The zero-order valence-electron chi connectivity index (χ0n) is 9.61. The van der Waals surface area contributed by atoms with Gasteiger partial charge < -0.3 is 9.84 Å². The lowest BCUT2D eigenvalue weighted by Gasteiger charge is -2.30. The van der Waals surface area contributed by atoms with Crippen molar-refractivity contribution in [1.82, 2.24) is 4.90 Å². The Morgan fingerprint density at radius 1 is 1.60 bits per heavy atom. The van der Waals surface area contributed by atoms with Crippen LogP contribution in [0.25, 0.3) is 0 Å². The van der Waals surface area contributed by atoms with Crippen LogP contribution in [0.15, 0.2) is 0 Å². The summed E-state index contributed by atoms with van der Waals surface area (Å²) in [6.45, 7) is 3.45. The first-order chi connectivity index (χ1) is 7.15. The van der Waals surface area contributed by atoms with E-state index < -0.39 is 5.97 Å². The first-order valence-electron chi connectivity index (χ1n) is 5.69. The van der Waals surface area contributed by atoms with Gasteiger partial charge in [0, 0.05) is 13.2 Å². The fourth-order valence-electron chi connectivity index (χ4n) is 2.07. The van der Waals surface area contributed by atoms with Crippen LogP contribution < -0.4 is 0 Å². The highest BCUT2D eigenvalue weighted by Gasteiger charge is 2.24. The van der Waals surface area contributed by atoms with Crippen molar-refractivity contribution in [3.8, 4) is 0 Å². The van der Waals surface area contributed by atoms with Crippen LogP contribution in [0.5, 0.6) is 0 Å². The van der Waals surface area contributed by atoms with Crippen molar-refractivity contribution in [1.29, 1.82) is 0 Å². The van der Waals surface area contributed by atoms with Crippen LogP contribution in [0.3, 0.4) is 0 Å². The number of ether oxygens (including phenoxy) is 1. The van der Waals surface area contributed by atoms with E-state index in [1.54, 1.807) is 0 Å². The second-order valence-electron chi connectivity index (χ2n) is 4.19. The SMILES string of the molecule is CCC(C(=O)O)N(C)CC1CCCCO1. The van der Waals surface area contributed by atoms with Crippen LogP contribution in [0.1, 0.15) is 32.6 Å². The van der Waals surface area contributed by atoms with Crippen molar-refractivity contribution in [3.63, 3.8) is 0 Å². The number of carbonyl (C=O) groups is 1. The smallest absolute Gasteiger partial charge is 0.320 e. The predicted molar refractivity (Wildman–Crippen MR) is 57.9 cm³/mol. The van der Waals surface area contributed by atoms with E-state index in [-0.39, 0.29) is 12.1 Å². The molecular weight excluding hydrogens is 194 g/mol. The fourth-order valence-corrected chi connectivity index (χ4v) is 2.07. The summed E-state index contributed by atoms with van der Waals surface area (Å²) in [6, 6.07) is -0.379. The van der Waals surface area contributed by atoms with Crippen molar-refractivity contribution in [2.24, 2.45) is 0 Å². The topological polar surface area (TPSA) is 49.8 Å². The number of likely N-dealkylation sites (N-methyl/N-ethyl adjacent to an activating group) is 1. The molecule has 15 heavy (non-hydrogen) atoms.